The van der Waals surface area contributed by atoms with Gasteiger partial charge in [-0.25, -0.2) is 0 Å². The number of rotatable bonds is 6. The highest BCUT2D eigenvalue weighted by atomic mass is 35.5. The average Bonchev–Trinajstić information content (AvgIpc) is 2.55. The molecule has 0 radical (unpaired) electrons. The predicted molar refractivity (Wildman–Crippen MR) is 111 cm³/mol. The molecule has 0 aliphatic heterocycles. The van der Waals surface area contributed by atoms with E-state index >= 15 is 0 Å². The highest BCUT2D eigenvalue weighted by molar-refractivity contribution is 6.43. The molecule has 0 heterocycles. The maximum Gasteiger partial charge on any atom is 0.118 e. The number of alkyl halides is 2. The van der Waals surface area contributed by atoms with Gasteiger partial charge in [0.1, 0.15) is 22.0 Å². The van der Waals surface area contributed by atoms with Crippen molar-refractivity contribution in [2.24, 2.45) is 0 Å². The van der Waals surface area contributed by atoms with Crippen LogP contribution in [0.4, 0.5) is 0 Å². The summed E-state index contributed by atoms with van der Waals surface area (Å²) in [4.78, 5) is -2.21. The third kappa shape index (κ3) is 4.04. The quantitative estimate of drug-likeness (QED) is 0.297. The highest BCUT2D eigenvalue weighted by Crippen LogP contribution is 2.49. The molecule has 0 N–H and O–H groups in total. The molecule has 136 valence electrons. The van der Waals surface area contributed by atoms with Gasteiger partial charge in [-0.1, -0.05) is 58.6 Å². The molecule has 0 aromatic rings. The second-order valence-corrected chi connectivity index (χ2v) is 8.78. The van der Waals surface area contributed by atoms with E-state index in [9.17, 15) is 0 Å². The van der Waals surface area contributed by atoms with Crippen molar-refractivity contribution < 1.29 is 4.74 Å². The van der Waals surface area contributed by atoms with Crippen molar-refractivity contribution >= 4 is 69.6 Å². The summed E-state index contributed by atoms with van der Waals surface area (Å²) in [6.07, 6.45) is 8.99. The second-order valence-electron chi connectivity index (χ2n) is 5.74. The van der Waals surface area contributed by atoms with Crippen LogP contribution < -0.4 is 0 Å². The van der Waals surface area contributed by atoms with Crippen LogP contribution in [0.15, 0.2) is 69.7 Å². The largest absolute Gasteiger partial charge is 0.359 e. The summed E-state index contributed by atoms with van der Waals surface area (Å²) in [6, 6.07) is 0. The van der Waals surface area contributed by atoms with E-state index in [1.807, 2.05) is 0 Å². The van der Waals surface area contributed by atoms with Crippen LogP contribution >= 0.6 is 69.6 Å². The van der Waals surface area contributed by atoms with Crippen molar-refractivity contribution in [2.45, 2.75) is 34.8 Å². The number of ether oxygens (including phenoxy) is 1. The van der Waals surface area contributed by atoms with Gasteiger partial charge in [-0.2, -0.15) is 0 Å². The summed E-state index contributed by atoms with van der Waals surface area (Å²) < 4.78 is 6.22. The molecule has 25 heavy (non-hydrogen) atoms. The van der Waals surface area contributed by atoms with Gasteiger partial charge in [-0.15, -0.1) is 36.4 Å². The van der Waals surface area contributed by atoms with Crippen LogP contribution in [0.3, 0.4) is 0 Å². The monoisotopic (exact) mass is 458 g/mol. The second kappa shape index (κ2) is 8.44. The van der Waals surface area contributed by atoms with E-state index < -0.39 is 22.0 Å². The van der Waals surface area contributed by atoms with Gasteiger partial charge in [0.2, 0.25) is 0 Å². The van der Waals surface area contributed by atoms with E-state index in [-0.39, 0.29) is 0 Å². The Morgan fingerprint density at radius 3 is 1.48 bits per heavy atom. The number of hydrogen-bond acceptors (Lipinski definition) is 1. The van der Waals surface area contributed by atoms with Gasteiger partial charge in [-0.05, 0) is 37.1 Å². The Labute approximate surface area is 178 Å². The molecule has 1 nitrogen and oxygen atoms in total. The molecule has 0 fully saturated rings. The van der Waals surface area contributed by atoms with Crippen molar-refractivity contribution in [2.75, 3.05) is 0 Å². The van der Waals surface area contributed by atoms with Gasteiger partial charge in [0, 0.05) is 20.1 Å². The van der Waals surface area contributed by atoms with Crippen molar-refractivity contribution in [1.29, 1.82) is 0 Å². The summed E-state index contributed by atoms with van der Waals surface area (Å²) in [7, 11) is 0. The molecule has 0 aromatic heterocycles. The van der Waals surface area contributed by atoms with E-state index in [0.29, 0.717) is 33.0 Å². The molecule has 4 unspecified atom stereocenters. The minimum atomic E-state index is -1.11. The van der Waals surface area contributed by atoms with Gasteiger partial charge < -0.3 is 4.74 Å². The van der Waals surface area contributed by atoms with Gasteiger partial charge in [0.25, 0.3) is 0 Å². The molecule has 0 amide bonds. The van der Waals surface area contributed by atoms with Gasteiger partial charge in [-0.3, -0.25) is 0 Å². The lowest BCUT2D eigenvalue weighted by molar-refractivity contribution is 0.00445. The zero-order valence-electron chi connectivity index (χ0n) is 13.1. The van der Waals surface area contributed by atoms with Gasteiger partial charge in [0.15, 0.2) is 0 Å². The third-order valence-electron chi connectivity index (χ3n) is 4.06. The van der Waals surface area contributed by atoms with Gasteiger partial charge in [0.05, 0.1) is 0 Å². The van der Waals surface area contributed by atoms with Crippen molar-refractivity contribution in [3.8, 4) is 0 Å². The van der Waals surface area contributed by atoms with Crippen LogP contribution in [-0.2, 0) is 4.74 Å². The molecule has 2 aliphatic carbocycles. The molecule has 0 saturated heterocycles. The Morgan fingerprint density at radius 1 is 0.800 bits per heavy atom. The fourth-order valence-corrected chi connectivity index (χ4v) is 4.63. The first kappa shape index (κ1) is 21.4. The molecule has 0 bridgehead atoms. The van der Waals surface area contributed by atoms with E-state index in [1.165, 1.54) is 0 Å². The number of allylic oxidation sites excluding steroid dienone is 6. The maximum absolute atomic E-state index is 6.76. The first-order chi connectivity index (χ1) is 11.7. The van der Waals surface area contributed by atoms with Crippen LogP contribution in [0, 0.1) is 0 Å². The molecule has 0 aromatic carbocycles. The molecular formula is C18H16Cl6O. The summed E-state index contributed by atoms with van der Waals surface area (Å²) in [6.45, 7) is 7.46. The fourth-order valence-electron chi connectivity index (χ4n) is 2.76. The summed E-state index contributed by atoms with van der Waals surface area (Å²) in [5.74, 6) is 0. The first-order valence-electron chi connectivity index (χ1n) is 7.42. The Kier molecular flexibility index (Phi) is 7.24. The Balaban J connectivity index is 2.44. The Morgan fingerprint density at radius 2 is 1.16 bits per heavy atom. The molecular weight excluding hydrogens is 445 g/mol. The van der Waals surface area contributed by atoms with Crippen LogP contribution in [-0.4, -0.2) is 22.0 Å². The van der Waals surface area contributed by atoms with Crippen molar-refractivity contribution in [3.63, 3.8) is 0 Å². The van der Waals surface area contributed by atoms with E-state index in [1.54, 1.807) is 36.5 Å². The lowest BCUT2D eigenvalue weighted by Gasteiger charge is -2.43. The van der Waals surface area contributed by atoms with E-state index in [0.717, 1.165) is 0 Å². The standard InChI is InChI=1S/C18H16Cl6O/c1-3-9-17(23)13(21)7-5-11(19)15(17)25-16-12(20)6-8-14(22)18(16,24)10-4-2/h3-8,15-16H,1-2,9-10H2. The Hall–Kier alpha value is 0.140. The SMILES string of the molecule is C=CCC1(Cl)C(Cl)=CC=C(Cl)C1OC1C(Cl)=CC=C(Cl)C1(Cl)CC=C. The molecule has 0 saturated carbocycles. The molecule has 2 aliphatic rings. The zero-order chi connectivity index (χ0) is 18.8. The minimum Gasteiger partial charge on any atom is -0.359 e. The predicted octanol–water partition coefficient (Wildman–Crippen LogP) is 7.37. The number of hydrogen-bond donors (Lipinski definition) is 0. The lowest BCUT2D eigenvalue weighted by Crippen LogP contribution is -2.49. The molecule has 0 spiro atoms. The minimum absolute atomic E-state index is 0.340. The summed E-state index contributed by atoms with van der Waals surface area (Å²) in [5, 5.41) is 1.55. The molecule has 4 atom stereocenters. The van der Waals surface area contributed by atoms with E-state index in [4.69, 9.17) is 74.3 Å². The summed E-state index contributed by atoms with van der Waals surface area (Å²) >= 11 is 39.0. The highest BCUT2D eigenvalue weighted by Gasteiger charge is 2.50. The van der Waals surface area contributed by atoms with Crippen LogP contribution in [0.5, 0.6) is 0 Å². The third-order valence-corrected chi connectivity index (χ3v) is 6.94. The normalized spacial score (nSPS) is 35.3. The molecule has 7 heteroatoms. The van der Waals surface area contributed by atoms with Gasteiger partial charge >= 0.3 is 0 Å². The van der Waals surface area contributed by atoms with Crippen molar-refractivity contribution in [3.05, 3.63) is 69.7 Å². The summed E-state index contributed by atoms with van der Waals surface area (Å²) in [5.41, 5.74) is 0. The zero-order valence-corrected chi connectivity index (χ0v) is 17.7. The topological polar surface area (TPSA) is 9.23 Å². The number of halogens is 6. The first-order valence-corrected chi connectivity index (χ1v) is 9.69. The Bertz CT molecular complexity index is 634. The van der Waals surface area contributed by atoms with E-state index in [2.05, 4.69) is 13.2 Å². The maximum atomic E-state index is 6.76. The lowest BCUT2D eigenvalue weighted by atomic mass is 9.89. The van der Waals surface area contributed by atoms with Crippen LogP contribution in [0.2, 0.25) is 0 Å². The average molecular weight is 461 g/mol. The van der Waals surface area contributed by atoms with Crippen LogP contribution in [0.1, 0.15) is 12.8 Å². The smallest absolute Gasteiger partial charge is 0.118 e. The van der Waals surface area contributed by atoms with Crippen LogP contribution in [0.25, 0.3) is 0 Å². The fraction of sp³-hybridized carbons (Fsp3) is 0.333. The molecule has 2 rings (SSSR count). The van der Waals surface area contributed by atoms with Crippen molar-refractivity contribution in [1.82, 2.24) is 0 Å².